The molecule has 0 saturated heterocycles. The number of ether oxygens (including phenoxy) is 1. The highest BCUT2D eigenvalue weighted by Crippen LogP contribution is 2.32. The number of carbonyl (C=O) groups excluding carboxylic acids is 1. The number of anilines is 2. The highest BCUT2D eigenvalue weighted by molar-refractivity contribution is 7.92. The summed E-state index contributed by atoms with van der Waals surface area (Å²) in [5, 5.41) is 0. The molecule has 0 unspecified atom stereocenters. The van der Waals surface area contributed by atoms with Crippen molar-refractivity contribution in [1.29, 1.82) is 0 Å². The topological polar surface area (TPSA) is 75.7 Å². The molecule has 0 aromatic heterocycles. The van der Waals surface area contributed by atoms with Gasteiger partial charge in [-0.15, -0.1) is 0 Å². The van der Waals surface area contributed by atoms with Crippen molar-refractivity contribution in [2.24, 2.45) is 0 Å². The number of hydrogen-bond acceptors (Lipinski definition) is 4. The van der Waals surface area contributed by atoms with Gasteiger partial charge in [0.05, 0.1) is 11.5 Å². The average molecular weight is 451 g/mol. The van der Waals surface area contributed by atoms with Gasteiger partial charge in [-0.2, -0.15) is 0 Å². The van der Waals surface area contributed by atoms with Crippen LogP contribution in [0.5, 0.6) is 5.75 Å². The summed E-state index contributed by atoms with van der Waals surface area (Å²) in [5.74, 6) is 0.619. The van der Waals surface area contributed by atoms with Crippen LogP contribution in [-0.4, -0.2) is 27.5 Å². The number of aryl methyl sites for hydroxylation is 2. The third kappa shape index (κ3) is 4.48. The Hall–Kier alpha value is -3.32. The zero-order valence-electron chi connectivity index (χ0n) is 18.2. The van der Waals surface area contributed by atoms with Crippen LogP contribution in [0, 0.1) is 6.92 Å². The summed E-state index contributed by atoms with van der Waals surface area (Å²) in [7, 11) is -3.75. The maximum atomic E-state index is 13.0. The second-order valence-corrected chi connectivity index (χ2v) is 9.42. The number of carbonyl (C=O) groups is 1. The summed E-state index contributed by atoms with van der Waals surface area (Å²) >= 11 is 0. The predicted octanol–water partition coefficient (Wildman–Crippen LogP) is 4.79. The molecular weight excluding hydrogens is 424 g/mol. The van der Waals surface area contributed by atoms with Gasteiger partial charge in [0, 0.05) is 23.5 Å². The number of fused-ring (bicyclic) bond motifs is 1. The molecule has 3 aromatic carbocycles. The van der Waals surface area contributed by atoms with E-state index in [0.717, 1.165) is 29.7 Å². The summed E-state index contributed by atoms with van der Waals surface area (Å²) in [6.45, 7) is 4.86. The maximum Gasteiger partial charge on any atom is 0.261 e. The Morgan fingerprint density at radius 1 is 1.06 bits per heavy atom. The molecule has 0 fully saturated rings. The van der Waals surface area contributed by atoms with E-state index in [1.807, 2.05) is 44.2 Å². The van der Waals surface area contributed by atoms with Crippen molar-refractivity contribution in [1.82, 2.24) is 0 Å². The van der Waals surface area contributed by atoms with Crippen LogP contribution in [0.25, 0.3) is 0 Å². The Morgan fingerprint density at radius 3 is 2.56 bits per heavy atom. The number of nitrogens with zero attached hydrogens (tertiary/aromatic N) is 1. The van der Waals surface area contributed by atoms with Gasteiger partial charge in [-0.25, -0.2) is 8.42 Å². The number of sulfonamides is 1. The summed E-state index contributed by atoms with van der Waals surface area (Å²) < 4.78 is 34.0. The maximum absolute atomic E-state index is 13.0. The number of rotatable bonds is 6. The highest BCUT2D eigenvalue weighted by atomic mass is 32.2. The highest BCUT2D eigenvalue weighted by Gasteiger charge is 2.24. The van der Waals surface area contributed by atoms with Gasteiger partial charge in [0.25, 0.3) is 15.9 Å². The fourth-order valence-electron chi connectivity index (χ4n) is 3.93. The van der Waals surface area contributed by atoms with Gasteiger partial charge in [0.15, 0.2) is 0 Å². The number of nitrogens with one attached hydrogen (secondary N) is 1. The van der Waals surface area contributed by atoms with Gasteiger partial charge in [0.1, 0.15) is 5.75 Å². The SMILES string of the molecule is CCOc1ccc(S(=O)(=O)Nc2ccc3c(c2)CCCN3C(=O)c2ccccc2)cc1C. The average Bonchev–Trinajstić information content (AvgIpc) is 2.79. The van der Waals surface area contributed by atoms with Gasteiger partial charge >= 0.3 is 0 Å². The normalized spacial score (nSPS) is 13.4. The molecule has 4 rings (SSSR count). The van der Waals surface area contributed by atoms with Crippen LogP contribution >= 0.6 is 0 Å². The molecule has 7 heteroatoms. The zero-order valence-corrected chi connectivity index (χ0v) is 19.0. The third-order valence-corrected chi connectivity index (χ3v) is 6.85. The van der Waals surface area contributed by atoms with Crippen LogP contribution < -0.4 is 14.4 Å². The molecule has 1 aliphatic heterocycles. The lowest BCUT2D eigenvalue weighted by molar-refractivity contribution is 0.0985. The second-order valence-electron chi connectivity index (χ2n) is 7.74. The Morgan fingerprint density at radius 2 is 1.84 bits per heavy atom. The minimum absolute atomic E-state index is 0.0512. The minimum Gasteiger partial charge on any atom is -0.494 e. The van der Waals surface area contributed by atoms with Crippen LogP contribution in [0.1, 0.15) is 34.8 Å². The molecule has 0 atom stereocenters. The van der Waals surface area contributed by atoms with Gasteiger partial charge in [0.2, 0.25) is 0 Å². The van der Waals surface area contributed by atoms with Crippen molar-refractivity contribution >= 4 is 27.3 Å². The number of hydrogen-bond donors (Lipinski definition) is 1. The van der Waals surface area contributed by atoms with Crippen LogP contribution in [0.4, 0.5) is 11.4 Å². The quantitative estimate of drug-likeness (QED) is 0.586. The van der Waals surface area contributed by atoms with Crippen LogP contribution in [0.2, 0.25) is 0 Å². The largest absolute Gasteiger partial charge is 0.494 e. The monoisotopic (exact) mass is 450 g/mol. The molecule has 0 saturated carbocycles. The lowest BCUT2D eigenvalue weighted by atomic mass is 10.00. The fourth-order valence-corrected chi connectivity index (χ4v) is 5.06. The van der Waals surface area contributed by atoms with Gasteiger partial charge in [-0.1, -0.05) is 18.2 Å². The van der Waals surface area contributed by atoms with E-state index >= 15 is 0 Å². The molecule has 0 radical (unpaired) electrons. The Bertz CT molecular complexity index is 1240. The van der Waals surface area contributed by atoms with Crippen LogP contribution in [0.3, 0.4) is 0 Å². The minimum atomic E-state index is -3.75. The summed E-state index contributed by atoms with van der Waals surface area (Å²) in [5.41, 5.74) is 3.64. The molecular formula is C25H26N2O4S. The molecule has 32 heavy (non-hydrogen) atoms. The molecule has 1 aliphatic rings. The van der Waals surface area contributed by atoms with Gasteiger partial charge < -0.3 is 9.64 Å². The van der Waals surface area contributed by atoms with Crippen molar-refractivity contribution in [3.63, 3.8) is 0 Å². The summed E-state index contributed by atoms with van der Waals surface area (Å²) in [6, 6.07) is 19.3. The van der Waals surface area contributed by atoms with Gasteiger partial charge in [-0.05, 0) is 86.3 Å². The zero-order chi connectivity index (χ0) is 22.7. The Kier molecular flexibility index (Phi) is 6.19. The second kappa shape index (κ2) is 9.04. The number of benzene rings is 3. The molecule has 3 aromatic rings. The summed E-state index contributed by atoms with van der Waals surface area (Å²) in [6.07, 6.45) is 1.60. The lowest BCUT2D eigenvalue weighted by Gasteiger charge is -2.30. The van der Waals surface area contributed by atoms with E-state index in [0.29, 0.717) is 30.2 Å². The first-order valence-corrected chi connectivity index (χ1v) is 12.1. The van der Waals surface area contributed by atoms with Crippen molar-refractivity contribution in [3.8, 4) is 5.75 Å². The van der Waals surface area contributed by atoms with Crippen LogP contribution in [-0.2, 0) is 16.4 Å². The van der Waals surface area contributed by atoms with E-state index < -0.39 is 10.0 Å². The van der Waals surface area contributed by atoms with Crippen molar-refractivity contribution in [2.75, 3.05) is 22.8 Å². The number of amides is 1. The van der Waals surface area contributed by atoms with Crippen molar-refractivity contribution < 1.29 is 17.9 Å². The molecule has 0 bridgehead atoms. The van der Waals surface area contributed by atoms with Gasteiger partial charge in [-0.3, -0.25) is 9.52 Å². The van der Waals surface area contributed by atoms with Crippen LogP contribution in [0.15, 0.2) is 71.6 Å². The van der Waals surface area contributed by atoms with E-state index in [9.17, 15) is 13.2 Å². The molecule has 1 N–H and O–H groups in total. The molecule has 6 nitrogen and oxygen atoms in total. The molecule has 0 spiro atoms. The Balaban J connectivity index is 1.58. The first-order valence-electron chi connectivity index (χ1n) is 10.6. The van der Waals surface area contributed by atoms with E-state index in [4.69, 9.17) is 4.74 Å². The summed E-state index contributed by atoms with van der Waals surface area (Å²) in [4.78, 5) is 14.9. The molecule has 166 valence electrons. The molecule has 1 heterocycles. The first kappa shape index (κ1) is 21.9. The van der Waals surface area contributed by atoms with E-state index in [1.165, 1.54) is 0 Å². The Labute approximate surface area is 188 Å². The fraction of sp³-hybridized carbons (Fsp3) is 0.240. The smallest absolute Gasteiger partial charge is 0.261 e. The lowest BCUT2D eigenvalue weighted by Crippen LogP contribution is -2.35. The third-order valence-electron chi connectivity index (χ3n) is 5.47. The first-order chi connectivity index (χ1) is 15.4. The predicted molar refractivity (Wildman–Crippen MR) is 126 cm³/mol. The van der Waals surface area contributed by atoms with Crippen molar-refractivity contribution in [2.45, 2.75) is 31.6 Å². The molecule has 0 aliphatic carbocycles. The van der Waals surface area contributed by atoms with Crippen molar-refractivity contribution in [3.05, 3.63) is 83.4 Å². The van der Waals surface area contributed by atoms with E-state index in [2.05, 4.69) is 4.72 Å². The van der Waals surface area contributed by atoms with E-state index in [1.54, 1.807) is 41.3 Å². The van der Waals surface area contributed by atoms with E-state index in [-0.39, 0.29) is 10.8 Å². The standard InChI is InChI=1S/C25H26N2O4S/c1-3-31-24-14-12-22(16-18(24)2)32(29,30)26-21-11-13-23-20(17-21)10-7-15-27(23)25(28)19-8-5-4-6-9-19/h4-6,8-9,11-14,16-17,26H,3,7,10,15H2,1-2H3. The molecule has 1 amide bonds.